The number of rotatable bonds is 12. The lowest BCUT2D eigenvalue weighted by atomic mass is 10.1. The lowest BCUT2D eigenvalue weighted by Gasteiger charge is -2.08. The second-order valence-corrected chi connectivity index (χ2v) is 6.96. The third-order valence-corrected chi connectivity index (χ3v) is 4.33. The molecule has 0 aliphatic carbocycles. The fraction of sp³-hybridized carbons (Fsp3) is 0.375. The van der Waals surface area contributed by atoms with Crippen LogP contribution in [-0.2, 0) is 4.79 Å². The SMILES string of the molecule is CCCCCCCCOc1ccc(OC(=O)/C=C/c2ccc(OC(F)(F)F)cc2)cc1. The van der Waals surface area contributed by atoms with Crippen molar-refractivity contribution >= 4 is 12.0 Å². The molecule has 0 heterocycles. The molecule has 0 atom stereocenters. The van der Waals surface area contributed by atoms with Crippen molar-refractivity contribution in [3.8, 4) is 17.2 Å². The molecule has 0 saturated heterocycles. The van der Waals surface area contributed by atoms with Crippen LogP contribution in [0.4, 0.5) is 13.2 Å². The van der Waals surface area contributed by atoms with Gasteiger partial charge in [-0.2, -0.15) is 0 Å². The standard InChI is InChI=1S/C24H27F3O4/c1-2-3-4-5-6-7-18-29-20-13-15-21(16-14-20)30-23(28)17-10-19-8-11-22(12-9-19)31-24(25,26)27/h8-17H,2-7,18H2,1H3/b17-10+. The number of carbonyl (C=O) groups excluding carboxylic acids is 1. The first-order valence-corrected chi connectivity index (χ1v) is 10.3. The van der Waals surface area contributed by atoms with Gasteiger partial charge in [-0.1, -0.05) is 51.2 Å². The molecule has 31 heavy (non-hydrogen) atoms. The first-order valence-electron chi connectivity index (χ1n) is 10.3. The molecule has 0 amide bonds. The Morgan fingerprint density at radius 2 is 1.42 bits per heavy atom. The van der Waals surface area contributed by atoms with Gasteiger partial charge in [0.25, 0.3) is 0 Å². The first-order chi connectivity index (χ1) is 14.9. The molecule has 2 rings (SSSR count). The van der Waals surface area contributed by atoms with E-state index in [-0.39, 0.29) is 5.75 Å². The number of halogens is 3. The second-order valence-electron chi connectivity index (χ2n) is 6.96. The normalized spacial score (nSPS) is 11.5. The van der Waals surface area contributed by atoms with Crippen LogP contribution < -0.4 is 14.2 Å². The van der Waals surface area contributed by atoms with E-state index < -0.39 is 12.3 Å². The highest BCUT2D eigenvalue weighted by atomic mass is 19.4. The Kier molecular flexibility index (Phi) is 9.94. The molecule has 7 heteroatoms. The third-order valence-electron chi connectivity index (χ3n) is 4.33. The van der Waals surface area contributed by atoms with Gasteiger partial charge in [0.2, 0.25) is 0 Å². The lowest BCUT2D eigenvalue weighted by molar-refractivity contribution is -0.274. The molecule has 0 aliphatic rings. The highest BCUT2D eigenvalue weighted by Crippen LogP contribution is 2.23. The summed E-state index contributed by atoms with van der Waals surface area (Å²) < 4.78 is 51.1. The maximum Gasteiger partial charge on any atom is 0.573 e. The summed E-state index contributed by atoms with van der Waals surface area (Å²) in [5, 5.41) is 0. The van der Waals surface area contributed by atoms with Crippen molar-refractivity contribution in [2.24, 2.45) is 0 Å². The van der Waals surface area contributed by atoms with Crippen LogP contribution in [0.1, 0.15) is 51.0 Å². The molecule has 0 spiro atoms. The van der Waals surface area contributed by atoms with E-state index in [0.29, 0.717) is 23.7 Å². The molecule has 0 aromatic heterocycles. The van der Waals surface area contributed by atoms with Crippen molar-refractivity contribution in [3.63, 3.8) is 0 Å². The molecule has 2 aromatic carbocycles. The minimum absolute atomic E-state index is 0.328. The largest absolute Gasteiger partial charge is 0.573 e. The van der Waals surface area contributed by atoms with Gasteiger partial charge >= 0.3 is 12.3 Å². The first kappa shape index (κ1) is 24.3. The maximum absolute atomic E-state index is 12.2. The smallest absolute Gasteiger partial charge is 0.494 e. The average molecular weight is 436 g/mol. The number of esters is 1. The highest BCUT2D eigenvalue weighted by Gasteiger charge is 2.30. The monoisotopic (exact) mass is 436 g/mol. The van der Waals surface area contributed by atoms with Crippen LogP contribution in [0.2, 0.25) is 0 Å². The topological polar surface area (TPSA) is 44.8 Å². The van der Waals surface area contributed by atoms with E-state index in [9.17, 15) is 18.0 Å². The van der Waals surface area contributed by atoms with Crippen molar-refractivity contribution in [1.29, 1.82) is 0 Å². The molecule has 2 aromatic rings. The molecular weight excluding hydrogens is 409 g/mol. The Labute approximate surface area is 180 Å². The van der Waals surface area contributed by atoms with Crippen LogP contribution in [0, 0.1) is 0 Å². The predicted molar refractivity (Wildman–Crippen MR) is 113 cm³/mol. The zero-order valence-corrected chi connectivity index (χ0v) is 17.5. The van der Waals surface area contributed by atoms with Crippen molar-refractivity contribution in [2.75, 3.05) is 6.61 Å². The van der Waals surface area contributed by atoms with Crippen molar-refractivity contribution in [2.45, 2.75) is 51.8 Å². The van der Waals surface area contributed by atoms with Crippen LogP contribution in [0.15, 0.2) is 54.6 Å². The lowest BCUT2D eigenvalue weighted by Crippen LogP contribution is -2.16. The molecule has 168 valence electrons. The summed E-state index contributed by atoms with van der Waals surface area (Å²) in [5.74, 6) is 0.156. The Balaban J connectivity index is 1.73. The highest BCUT2D eigenvalue weighted by molar-refractivity contribution is 5.88. The molecule has 0 bridgehead atoms. The van der Waals surface area contributed by atoms with E-state index in [1.54, 1.807) is 24.3 Å². The van der Waals surface area contributed by atoms with Gasteiger partial charge in [0, 0.05) is 6.08 Å². The van der Waals surface area contributed by atoms with E-state index in [1.165, 1.54) is 62.1 Å². The van der Waals surface area contributed by atoms with Crippen LogP contribution in [-0.4, -0.2) is 18.9 Å². The molecule has 0 fully saturated rings. The van der Waals surface area contributed by atoms with Gasteiger partial charge in [-0.15, -0.1) is 13.2 Å². The van der Waals surface area contributed by atoms with Crippen LogP contribution in [0.25, 0.3) is 6.08 Å². The predicted octanol–water partition coefficient (Wildman–Crippen LogP) is 6.94. The Hall–Kier alpha value is -2.96. The van der Waals surface area contributed by atoms with E-state index in [4.69, 9.17) is 9.47 Å². The third kappa shape index (κ3) is 10.6. The van der Waals surface area contributed by atoms with Gasteiger partial charge < -0.3 is 14.2 Å². The van der Waals surface area contributed by atoms with E-state index >= 15 is 0 Å². The summed E-state index contributed by atoms with van der Waals surface area (Å²) in [5.41, 5.74) is 0.532. The summed E-state index contributed by atoms with van der Waals surface area (Å²) in [4.78, 5) is 11.9. The summed E-state index contributed by atoms with van der Waals surface area (Å²) in [6.45, 7) is 2.85. The summed E-state index contributed by atoms with van der Waals surface area (Å²) in [6.07, 6.45) is 5.06. The van der Waals surface area contributed by atoms with E-state index in [0.717, 1.165) is 12.8 Å². The molecule has 0 radical (unpaired) electrons. The quantitative estimate of drug-likeness (QED) is 0.156. The molecule has 0 aliphatic heterocycles. The average Bonchev–Trinajstić information content (AvgIpc) is 2.73. The minimum atomic E-state index is -4.74. The van der Waals surface area contributed by atoms with Crippen LogP contribution in [0.3, 0.4) is 0 Å². The molecule has 0 N–H and O–H groups in total. The maximum atomic E-state index is 12.2. The van der Waals surface area contributed by atoms with Crippen molar-refractivity contribution < 1.29 is 32.2 Å². The summed E-state index contributed by atoms with van der Waals surface area (Å²) >= 11 is 0. The van der Waals surface area contributed by atoms with Crippen LogP contribution >= 0.6 is 0 Å². The van der Waals surface area contributed by atoms with Gasteiger partial charge in [0.1, 0.15) is 17.2 Å². The molecule has 4 nitrogen and oxygen atoms in total. The number of hydrogen-bond acceptors (Lipinski definition) is 4. The van der Waals surface area contributed by atoms with E-state index in [1.807, 2.05) is 0 Å². The van der Waals surface area contributed by atoms with Gasteiger partial charge in [0.15, 0.2) is 0 Å². The number of carbonyl (C=O) groups is 1. The Morgan fingerprint density at radius 3 is 2.06 bits per heavy atom. The number of hydrogen-bond donors (Lipinski definition) is 0. The number of unbranched alkanes of at least 4 members (excludes halogenated alkanes) is 5. The number of alkyl halides is 3. The zero-order valence-electron chi connectivity index (χ0n) is 17.5. The second kappa shape index (κ2) is 12.7. The summed E-state index contributed by atoms with van der Waals surface area (Å²) in [6, 6.07) is 11.9. The molecule has 0 saturated carbocycles. The molecule has 0 unspecified atom stereocenters. The fourth-order valence-electron chi connectivity index (χ4n) is 2.77. The fourth-order valence-corrected chi connectivity index (χ4v) is 2.77. The van der Waals surface area contributed by atoms with Crippen molar-refractivity contribution in [1.82, 2.24) is 0 Å². The molecular formula is C24H27F3O4. The number of benzene rings is 2. The zero-order chi connectivity index (χ0) is 22.5. The van der Waals surface area contributed by atoms with E-state index in [2.05, 4.69) is 11.7 Å². The van der Waals surface area contributed by atoms with Gasteiger partial charge in [0.05, 0.1) is 6.61 Å². The van der Waals surface area contributed by atoms with Gasteiger partial charge in [-0.05, 0) is 54.5 Å². The minimum Gasteiger partial charge on any atom is -0.494 e. The van der Waals surface area contributed by atoms with Crippen LogP contribution in [0.5, 0.6) is 17.2 Å². The Bertz CT molecular complexity index is 812. The van der Waals surface area contributed by atoms with Crippen molar-refractivity contribution in [3.05, 3.63) is 60.2 Å². The number of ether oxygens (including phenoxy) is 3. The van der Waals surface area contributed by atoms with Gasteiger partial charge in [-0.25, -0.2) is 4.79 Å². The summed E-state index contributed by atoms with van der Waals surface area (Å²) in [7, 11) is 0. The van der Waals surface area contributed by atoms with Gasteiger partial charge in [-0.3, -0.25) is 0 Å². The Morgan fingerprint density at radius 1 is 0.839 bits per heavy atom.